The number of benzene rings is 2. The summed E-state index contributed by atoms with van der Waals surface area (Å²) in [6.45, 7) is 0. The minimum atomic E-state index is -4.83. The quantitative estimate of drug-likeness (QED) is 0.711. The second-order valence-corrected chi connectivity index (χ2v) is 4.96. The summed E-state index contributed by atoms with van der Waals surface area (Å²) in [5.74, 6) is -2.34. The Labute approximate surface area is 102 Å². The summed E-state index contributed by atoms with van der Waals surface area (Å²) in [6.07, 6.45) is 0. The van der Waals surface area contributed by atoms with E-state index in [1.165, 1.54) is 18.2 Å². The molecule has 0 radical (unpaired) electrons. The maximum absolute atomic E-state index is 11.2. The van der Waals surface area contributed by atoms with E-state index in [0.29, 0.717) is 5.39 Å². The fourth-order valence-corrected chi connectivity index (χ4v) is 2.57. The van der Waals surface area contributed by atoms with E-state index < -0.39 is 32.3 Å². The highest BCUT2D eigenvalue weighted by Gasteiger charge is 2.27. The van der Waals surface area contributed by atoms with Crippen molar-refractivity contribution in [1.82, 2.24) is 0 Å². The molecule has 0 saturated heterocycles. The molecular formula is C11H8O6S. The first-order valence-corrected chi connectivity index (χ1v) is 6.22. The molecule has 0 aromatic heterocycles. The molecule has 0 bridgehead atoms. The van der Waals surface area contributed by atoms with Gasteiger partial charge >= 0.3 is 5.97 Å². The van der Waals surface area contributed by atoms with Gasteiger partial charge in [-0.2, -0.15) is 8.42 Å². The molecule has 0 atom stereocenters. The Morgan fingerprint density at radius 1 is 1.17 bits per heavy atom. The molecule has 0 unspecified atom stereocenters. The number of aromatic carboxylic acids is 1. The molecule has 0 spiro atoms. The number of fused-ring (bicyclic) bond motifs is 1. The van der Waals surface area contributed by atoms with Crippen molar-refractivity contribution in [3.8, 4) is 5.75 Å². The summed E-state index contributed by atoms with van der Waals surface area (Å²) in [6, 6.07) is 7.15. The van der Waals surface area contributed by atoms with Gasteiger partial charge in [-0.3, -0.25) is 4.55 Å². The van der Waals surface area contributed by atoms with Crippen LogP contribution in [0.3, 0.4) is 0 Å². The standard InChI is InChI=1S/C11H8O6S/c12-8-5-6-3-1-2-4-7(6)9(11(13)14)10(8)18(15,16)17/h1-5,12H,(H,13,14)(H,15,16,17). The van der Waals surface area contributed by atoms with Crippen molar-refractivity contribution >= 4 is 26.9 Å². The molecule has 7 heteroatoms. The number of carboxylic acids is 1. The van der Waals surface area contributed by atoms with Crippen LogP contribution in [0, 0.1) is 0 Å². The Kier molecular flexibility index (Phi) is 2.72. The summed E-state index contributed by atoms with van der Waals surface area (Å²) in [7, 11) is -4.83. The lowest BCUT2D eigenvalue weighted by atomic mass is 10.0. The molecule has 0 saturated carbocycles. The maximum Gasteiger partial charge on any atom is 0.337 e. The van der Waals surface area contributed by atoms with Crippen molar-refractivity contribution in [1.29, 1.82) is 0 Å². The van der Waals surface area contributed by atoms with Crippen LogP contribution in [0.5, 0.6) is 5.75 Å². The molecule has 6 nitrogen and oxygen atoms in total. The summed E-state index contributed by atoms with van der Waals surface area (Å²) in [5.41, 5.74) is -0.645. The first kappa shape index (κ1) is 12.3. The maximum atomic E-state index is 11.2. The van der Waals surface area contributed by atoms with Crippen molar-refractivity contribution in [2.45, 2.75) is 4.90 Å². The predicted octanol–water partition coefficient (Wildman–Crippen LogP) is 1.49. The Morgan fingerprint density at radius 3 is 2.33 bits per heavy atom. The van der Waals surface area contributed by atoms with Crippen LogP contribution in [0.25, 0.3) is 10.8 Å². The topological polar surface area (TPSA) is 112 Å². The molecule has 0 aliphatic rings. The number of rotatable bonds is 2. The molecule has 2 aromatic rings. The van der Waals surface area contributed by atoms with Crippen LogP contribution < -0.4 is 0 Å². The normalized spacial score (nSPS) is 11.6. The largest absolute Gasteiger partial charge is 0.506 e. The predicted molar refractivity (Wildman–Crippen MR) is 62.4 cm³/mol. The smallest absolute Gasteiger partial charge is 0.337 e. The molecule has 2 aromatic carbocycles. The van der Waals surface area contributed by atoms with E-state index in [2.05, 4.69) is 0 Å². The molecule has 18 heavy (non-hydrogen) atoms. The van der Waals surface area contributed by atoms with Gasteiger partial charge in [0.2, 0.25) is 0 Å². The third kappa shape index (κ3) is 1.89. The molecule has 94 valence electrons. The van der Waals surface area contributed by atoms with Crippen LogP contribution in [-0.2, 0) is 10.1 Å². The van der Waals surface area contributed by atoms with Gasteiger partial charge in [-0.25, -0.2) is 4.79 Å². The van der Waals surface area contributed by atoms with E-state index >= 15 is 0 Å². The number of phenolic OH excluding ortho intramolecular Hbond substituents is 1. The first-order chi connectivity index (χ1) is 8.32. The van der Waals surface area contributed by atoms with Crippen LogP contribution in [0.4, 0.5) is 0 Å². The lowest BCUT2D eigenvalue weighted by Gasteiger charge is -2.09. The Hall–Kier alpha value is -2.12. The third-order valence-corrected chi connectivity index (χ3v) is 3.38. The first-order valence-electron chi connectivity index (χ1n) is 4.78. The average molecular weight is 268 g/mol. The lowest BCUT2D eigenvalue weighted by Crippen LogP contribution is -2.09. The van der Waals surface area contributed by atoms with Crippen LogP contribution >= 0.6 is 0 Å². The summed E-state index contributed by atoms with van der Waals surface area (Å²) < 4.78 is 31.3. The van der Waals surface area contributed by atoms with Gasteiger partial charge in [-0.15, -0.1) is 0 Å². The van der Waals surface area contributed by atoms with Gasteiger partial charge in [0.05, 0.1) is 5.56 Å². The van der Waals surface area contributed by atoms with E-state index in [9.17, 15) is 18.3 Å². The number of carboxylic acid groups (broad SMARTS) is 1. The Balaban J connectivity index is 3.07. The summed E-state index contributed by atoms with van der Waals surface area (Å²) >= 11 is 0. The molecular weight excluding hydrogens is 260 g/mol. The fraction of sp³-hybridized carbons (Fsp3) is 0. The molecule has 0 heterocycles. The molecule has 0 amide bonds. The highest BCUT2D eigenvalue weighted by atomic mass is 32.2. The van der Waals surface area contributed by atoms with Crippen molar-refractivity contribution in [2.75, 3.05) is 0 Å². The molecule has 0 fully saturated rings. The van der Waals surface area contributed by atoms with E-state index in [1.54, 1.807) is 6.07 Å². The molecule has 0 aliphatic heterocycles. The van der Waals surface area contributed by atoms with Gasteiger partial charge < -0.3 is 10.2 Å². The van der Waals surface area contributed by atoms with Gasteiger partial charge in [-0.1, -0.05) is 24.3 Å². The number of aromatic hydroxyl groups is 1. The fourth-order valence-electron chi connectivity index (χ4n) is 1.79. The van der Waals surface area contributed by atoms with Crippen molar-refractivity contribution in [3.05, 3.63) is 35.9 Å². The average Bonchev–Trinajstić information content (AvgIpc) is 2.25. The van der Waals surface area contributed by atoms with E-state index in [-0.39, 0.29) is 5.39 Å². The van der Waals surface area contributed by atoms with Crippen LogP contribution in [-0.4, -0.2) is 29.2 Å². The Morgan fingerprint density at radius 2 is 1.78 bits per heavy atom. The van der Waals surface area contributed by atoms with E-state index in [4.69, 9.17) is 9.66 Å². The number of hydrogen-bond donors (Lipinski definition) is 3. The van der Waals surface area contributed by atoms with Gasteiger partial charge in [0.1, 0.15) is 5.75 Å². The Bertz CT molecular complexity index is 747. The zero-order valence-corrected chi connectivity index (χ0v) is 9.68. The van der Waals surface area contributed by atoms with Crippen LogP contribution in [0.2, 0.25) is 0 Å². The number of hydrogen-bond acceptors (Lipinski definition) is 4. The van der Waals surface area contributed by atoms with Crippen molar-refractivity contribution < 1.29 is 28.0 Å². The lowest BCUT2D eigenvalue weighted by molar-refractivity contribution is 0.0693. The second-order valence-electron chi connectivity index (χ2n) is 3.60. The van der Waals surface area contributed by atoms with E-state index in [1.807, 2.05) is 0 Å². The van der Waals surface area contributed by atoms with Gasteiger partial charge in [-0.05, 0) is 16.8 Å². The number of carbonyl (C=O) groups is 1. The monoisotopic (exact) mass is 268 g/mol. The highest BCUT2D eigenvalue weighted by molar-refractivity contribution is 7.86. The zero-order chi connectivity index (χ0) is 13.5. The minimum absolute atomic E-state index is 0.121. The molecule has 0 aliphatic carbocycles. The van der Waals surface area contributed by atoms with E-state index in [0.717, 1.165) is 6.07 Å². The third-order valence-electron chi connectivity index (χ3n) is 2.45. The summed E-state index contributed by atoms with van der Waals surface area (Å²) in [4.78, 5) is 10.2. The van der Waals surface area contributed by atoms with Gasteiger partial charge in [0.25, 0.3) is 10.1 Å². The van der Waals surface area contributed by atoms with Crippen molar-refractivity contribution in [2.24, 2.45) is 0 Å². The molecule has 3 N–H and O–H groups in total. The minimum Gasteiger partial charge on any atom is -0.506 e. The summed E-state index contributed by atoms with van der Waals surface area (Å²) in [5, 5.41) is 19.1. The van der Waals surface area contributed by atoms with Crippen molar-refractivity contribution in [3.63, 3.8) is 0 Å². The SMILES string of the molecule is O=C(O)c1c(S(=O)(=O)O)c(O)cc2ccccc12. The van der Waals surface area contributed by atoms with Gasteiger partial charge in [0.15, 0.2) is 4.90 Å². The van der Waals surface area contributed by atoms with Crippen LogP contribution in [0.15, 0.2) is 35.2 Å². The zero-order valence-electron chi connectivity index (χ0n) is 8.86. The number of phenols is 1. The second kappa shape index (κ2) is 3.97. The van der Waals surface area contributed by atoms with Crippen LogP contribution in [0.1, 0.15) is 10.4 Å². The highest BCUT2D eigenvalue weighted by Crippen LogP contribution is 2.33. The van der Waals surface area contributed by atoms with Gasteiger partial charge in [0, 0.05) is 0 Å². The molecule has 2 rings (SSSR count).